The van der Waals surface area contributed by atoms with E-state index in [1.807, 2.05) is 0 Å². The van der Waals surface area contributed by atoms with Crippen molar-refractivity contribution in [1.82, 2.24) is 0 Å². The van der Waals surface area contributed by atoms with Crippen LogP contribution in [0.15, 0.2) is 0 Å². The second kappa shape index (κ2) is 25.9. The SMILES string of the molecule is CCCCCCCCCCCCC(CCCCCCCCCC)COC(=O)O.[LiH]. The van der Waals surface area contributed by atoms with Crippen LogP contribution >= 0.6 is 0 Å². The van der Waals surface area contributed by atoms with Gasteiger partial charge in [-0.2, -0.15) is 0 Å². The van der Waals surface area contributed by atoms with Crippen molar-refractivity contribution in [2.24, 2.45) is 5.92 Å². The van der Waals surface area contributed by atoms with Crippen LogP contribution in [-0.4, -0.2) is 36.7 Å². The molecule has 3 nitrogen and oxygen atoms in total. The predicted molar refractivity (Wildman–Crippen MR) is 128 cm³/mol. The van der Waals surface area contributed by atoms with Crippen LogP contribution < -0.4 is 0 Å². The zero-order chi connectivity index (χ0) is 20.7. The van der Waals surface area contributed by atoms with Gasteiger partial charge in [-0.05, 0) is 18.8 Å². The number of hydrogen-bond acceptors (Lipinski definition) is 2. The van der Waals surface area contributed by atoms with Crippen LogP contribution in [0.4, 0.5) is 4.79 Å². The summed E-state index contributed by atoms with van der Waals surface area (Å²) in [6, 6.07) is 0. The maximum atomic E-state index is 10.7. The molecule has 0 radical (unpaired) electrons. The topological polar surface area (TPSA) is 46.5 Å². The maximum absolute atomic E-state index is 10.7. The Labute approximate surface area is 194 Å². The van der Waals surface area contributed by atoms with Crippen molar-refractivity contribution in [3.05, 3.63) is 0 Å². The zero-order valence-corrected chi connectivity index (χ0v) is 19.2. The summed E-state index contributed by atoms with van der Waals surface area (Å²) in [5.41, 5.74) is 0. The van der Waals surface area contributed by atoms with Crippen LogP contribution in [0.5, 0.6) is 0 Å². The summed E-state index contributed by atoms with van der Waals surface area (Å²) in [6.07, 6.45) is 25.3. The van der Waals surface area contributed by atoms with Crippen LogP contribution in [0.3, 0.4) is 0 Å². The van der Waals surface area contributed by atoms with Crippen molar-refractivity contribution in [3.63, 3.8) is 0 Å². The van der Waals surface area contributed by atoms with Gasteiger partial charge in [0.25, 0.3) is 0 Å². The fourth-order valence-electron chi connectivity index (χ4n) is 3.99. The summed E-state index contributed by atoms with van der Waals surface area (Å²) < 4.78 is 4.89. The third-order valence-corrected chi connectivity index (χ3v) is 5.87. The average Bonchev–Trinajstić information content (AvgIpc) is 2.68. The van der Waals surface area contributed by atoms with Gasteiger partial charge in [0.2, 0.25) is 0 Å². The molecule has 0 aliphatic heterocycles. The fourth-order valence-corrected chi connectivity index (χ4v) is 3.99. The molecule has 0 saturated carbocycles. The number of unbranched alkanes of at least 4 members (excludes halogenated alkanes) is 16. The van der Waals surface area contributed by atoms with Crippen LogP contribution in [0.1, 0.15) is 142 Å². The third-order valence-electron chi connectivity index (χ3n) is 5.87. The normalized spacial score (nSPS) is 11.8. The molecule has 0 aromatic carbocycles. The number of carboxylic acid groups (broad SMARTS) is 1. The van der Waals surface area contributed by atoms with Crippen molar-refractivity contribution >= 4 is 25.0 Å². The van der Waals surface area contributed by atoms with Gasteiger partial charge in [0.05, 0.1) is 6.61 Å². The summed E-state index contributed by atoms with van der Waals surface area (Å²) in [4.78, 5) is 10.7. The molecule has 0 amide bonds. The van der Waals surface area contributed by atoms with Gasteiger partial charge >= 0.3 is 25.0 Å². The van der Waals surface area contributed by atoms with Crippen molar-refractivity contribution in [2.75, 3.05) is 6.61 Å². The van der Waals surface area contributed by atoms with Crippen LogP contribution in [0.2, 0.25) is 0 Å². The molecule has 0 saturated heterocycles. The molecule has 1 unspecified atom stereocenters. The Balaban J connectivity index is 0. The second-order valence-electron chi connectivity index (χ2n) is 8.68. The molecule has 0 aromatic rings. The fraction of sp³-hybridized carbons (Fsp3) is 0.960. The number of hydrogen-bond donors (Lipinski definition) is 1. The van der Waals surface area contributed by atoms with Crippen LogP contribution in [-0.2, 0) is 4.74 Å². The van der Waals surface area contributed by atoms with E-state index in [2.05, 4.69) is 13.8 Å². The zero-order valence-electron chi connectivity index (χ0n) is 19.2. The molecule has 1 atom stereocenters. The van der Waals surface area contributed by atoms with Crippen LogP contribution in [0.25, 0.3) is 0 Å². The molecular formula is C25H51LiO3. The van der Waals surface area contributed by atoms with E-state index in [9.17, 15) is 4.79 Å². The van der Waals surface area contributed by atoms with Gasteiger partial charge < -0.3 is 9.84 Å². The van der Waals surface area contributed by atoms with Gasteiger partial charge in [0.1, 0.15) is 0 Å². The quantitative estimate of drug-likeness (QED) is 0.111. The monoisotopic (exact) mass is 406 g/mol. The standard InChI is InChI=1S/C25H50O3.Li.H/c1-3-5-7-9-11-13-14-16-18-20-22-24(23-28-25(26)27)21-19-17-15-12-10-8-6-4-2;;/h24H,3-23H2,1-2H3,(H,26,27);;. The van der Waals surface area contributed by atoms with E-state index >= 15 is 0 Å². The first kappa shape index (κ1) is 31.1. The van der Waals surface area contributed by atoms with E-state index < -0.39 is 6.16 Å². The Kier molecular flexibility index (Phi) is 27.7. The molecule has 0 aliphatic carbocycles. The molecular weight excluding hydrogens is 355 g/mol. The number of rotatable bonds is 22. The van der Waals surface area contributed by atoms with E-state index in [1.165, 1.54) is 116 Å². The van der Waals surface area contributed by atoms with E-state index in [0.717, 1.165) is 12.8 Å². The van der Waals surface area contributed by atoms with Gasteiger partial charge in [-0.15, -0.1) is 0 Å². The first-order valence-electron chi connectivity index (χ1n) is 12.6. The van der Waals surface area contributed by atoms with Gasteiger partial charge in [0.15, 0.2) is 0 Å². The Morgan fingerprint density at radius 2 is 0.931 bits per heavy atom. The Morgan fingerprint density at radius 3 is 1.24 bits per heavy atom. The molecule has 0 rings (SSSR count). The Bertz CT molecular complexity index is 323. The molecule has 0 bridgehead atoms. The summed E-state index contributed by atoms with van der Waals surface area (Å²) in [5.74, 6) is 0.422. The van der Waals surface area contributed by atoms with Crippen molar-refractivity contribution in [3.8, 4) is 0 Å². The minimum atomic E-state index is -1.12. The average molecular weight is 407 g/mol. The van der Waals surface area contributed by atoms with E-state index in [-0.39, 0.29) is 18.9 Å². The van der Waals surface area contributed by atoms with E-state index in [0.29, 0.717) is 12.5 Å². The molecule has 170 valence electrons. The summed E-state index contributed by atoms with van der Waals surface area (Å²) in [7, 11) is 0. The molecule has 0 aliphatic rings. The van der Waals surface area contributed by atoms with Crippen molar-refractivity contribution in [1.29, 1.82) is 0 Å². The third kappa shape index (κ3) is 25.8. The Morgan fingerprint density at radius 1 is 0.621 bits per heavy atom. The van der Waals surface area contributed by atoms with E-state index in [1.54, 1.807) is 0 Å². The van der Waals surface area contributed by atoms with Crippen molar-refractivity contribution in [2.45, 2.75) is 142 Å². The Hall–Kier alpha value is -0.133. The first-order valence-corrected chi connectivity index (χ1v) is 12.6. The molecule has 0 aromatic heterocycles. The molecule has 1 N–H and O–H groups in total. The molecule has 0 spiro atoms. The second-order valence-corrected chi connectivity index (χ2v) is 8.68. The summed E-state index contributed by atoms with van der Waals surface area (Å²) in [6.45, 7) is 4.92. The van der Waals surface area contributed by atoms with Gasteiger partial charge in [-0.3, -0.25) is 0 Å². The molecule has 4 heteroatoms. The first-order chi connectivity index (χ1) is 13.7. The molecule has 0 heterocycles. The van der Waals surface area contributed by atoms with Gasteiger partial charge in [0, 0.05) is 0 Å². The number of ether oxygens (including phenoxy) is 1. The van der Waals surface area contributed by atoms with Gasteiger partial charge in [-0.25, -0.2) is 4.79 Å². The summed E-state index contributed by atoms with van der Waals surface area (Å²) in [5, 5.41) is 8.80. The van der Waals surface area contributed by atoms with Crippen LogP contribution in [0, 0.1) is 5.92 Å². The van der Waals surface area contributed by atoms with Gasteiger partial charge in [-0.1, -0.05) is 129 Å². The predicted octanol–water partition coefficient (Wildman–Crippen LogP) is 8.49. The summed E-state index contributed by atoms with van der Waals surface area (Å²) >= 11 is 0. The molecule has 29 heavy (non-hydrogen) atoms. The van der Waals surface area contributed by atoms with E-state index in [4.69, 9.17) is 9.84 Å². The number of carbonyl (C=O) groups is 1. The molecule has 0 fully saturated rings. The van der Waals surface area contributed by atoms with Crippen molar-refractivity contribution < 1.29 is 14.6 Å². The minimum absolute atomic E-state index is 0.